The Balaban J connectivity index is 1.84. The second-order valence-electron chi connectivity index (χ2n) is 6.05. The van der Waals surface area contributed by atoms with Gasteiger partial charge in [0.25, 0.3) is 5.56 Å². The first-order valence-electron chi connectivity index (χ1n) is 8.13. The van der Waals surface area contributed by atoms with Gasteiger partial charge in [-0.2, -0.15) is 9.78 Å². The average molecular weight is 363 g/mol. The first-order chi connectivity index (χ1) is 12.5. The maximum atomic E-state index is 12.7. The molecule has 0 aliphatic carbocycles. The maximum absolute atomic E-state index is 12.7. The van der Waals surface area contributed by atoms with E-state index in [1.807, 2.05) is 43.3 Å². The third-order valence-corrected chi connectivity index (χ3v) is 4.56. The lowest BCUT2D eigenvalue weighted by molar-refractivity contribution is 0.771. The molecule has 6 heteroatoms. The highest BCUT2D eigenvalue weighted by molar-refractivity contribution is 6.32. The molecule has 0 bridgehead atoms. The number of hydrogen-bond acceptors (Lipinski definition) is 4. The normalized spacial score (nSPS) is 11.7. The molecule has 0 aliphatic heterocycles. The van der Waals surface area contributed by atoms with Gasteiger partial charge in [0.1, 0.15) is 11.0 Å². The summed E-state index contributed by atoms with van der Waals surface area (Å²) in [4.78, 5) is 21.6. The van der Waals surface area contributed by atoms with E-state index >= 15 is 0 Å². The van der Waals surface area contributed by atoms with Crippen molar-refractivity contribution in [3.63, 3.8) is 0 Å². The zero-order valence-electron chi connectivity index (χ0n) is 14.3. The van der Waals surface area contributed by atoms with Crippen LogP contribution in [0.3, 0.4) is 0 Å². The molecule has 26 heavy (non-hydrogen) atoms. The summed E-state index contributed by atoms with van der Waals surface area (Å²) in [6.07, 6.45) is 1.54. The molecule has 128 valence electrons. The first-order valence-corrected chi connectivity index (χ1v) is 8.51. The van der Waals surface area contributed by atoms with Crippen LogP contribution in [0.5, 0.6) is 0 Å². The number of nitrogens with zero attached hydrogens (tertiary/aromatic N) is 4. The maximum Gasteiger partial charge on any atom is 0.282 e. The van der Waals surface area contributed by atoms with Crippen LogP contribution in [-0.2, 0) is 0 Å². The zero-order valence-corrected chi connectivity index (χ0v) is 15.0. The van der Waals surface area contributed by atoms with Crippen LogP contribution in [0.15, 0.2) is 58.4 Å². The third kappa shape index (κ3) is 2.76. The Morgan fingerprint density at radius 2 is 1.88 bits per heavy atom. The number of fused-ring (bicyclic) bond motifs is 2. The van der Waals surface area contributed by atoms with Crippen LogP contribution in [0.4, 0.5) is 0 Å². The molecular weight excluding hydrogens is 348 g/mol. The molecule has 5 nitrogen and oxygen atoms in total. The van der Waals surface area contributed by atoms with Crippen LogP contribution in [0.1, 0.15) is 17.0 Å². The van der Waals surface area contributed by atoms with Gasteiger partial charge in [-0.15, -0.1) is 0 Å². The van der Waals surface area contributed by atoms with Crippen molar-refractivity contribution in [3.05, 3.63) is 81.0 Å². The van der Waals surface area contributed by atoms with Gasteiger partial charge in [-0.05, 0) is 37.6 Å². The molecule has 0 saturated heterocycles. The second-order valence-corrected chi connectivity index (χ2v) is 6.41. The topological polar surface area (TPSA) is 60.1 Å². The Hall–Kier alpha value is -3.05. The molecule has 0 atom stereocenters. The molecule has 0 unspecified atom stereocenters. The molecule has 0 saturated carbocycles. The summed E-state index contributed by atoms with van der Waals surface area (Å²) in [6, 6.07) is 15.0. The van der Waals surface area contributed by atoms with Crippen molar-refractivity contribution < 1.29 is 0 Å². The second kappa shape index (κ2) is 6.35. The van der Waals surface area contributed by atoms with E-state index in [0.29, 0.717) is 27.4 Å². The number of hydrogen-bond donors (Lipinski definition) is 0. The highest BCUT2D eigenvalue weighted by Gasteiger charge is 2.08. The Morgan fingerprint density at radius 1 is 1.08 bits per heavy atom. The van der Waals surface area contributed by atoms with E-state index in [0.717, 1.165) is 16.5 Å². The summed E-state index contributed by atoms with van der Waals surface area (Å²) in [6.45, 7) is 3.73. The SMILES string of the molecule is Cc1cccc2cc(/C=N\n3c(C)nc4ccccc4c3=O)c(Cl)nc12. The molecule has 4 rings (SSSR count). The number of halogens is 1. The summed E-state index contributed by atoms with van der Waals surface area (Å²) in [5.74, 6) is 0.505. The summed E-state index contributed by atoms with van der Waals surface area (Å²) in [5, 5.41) is 6.14. The number of aromatic nitrogens is 3. The van der Waals surface area contributed by atoms with Gasteiger partial charge in [-0.1, -0.05) is 41.9 Å². The molecule has 0 aliphatic rings. The lowest BCUT2D eigenvalue weighted by Gasteiger charge is -2.06. The molecule has 2 aromatic heterocycles. The fraction of sp³-hybridized carbons (Fsp3) is 0.100. The van der Waals surface area contributed by atoms with Crippen LogP contribution in [-0.4, -0.2) is 20.9 Å². The number of benzene rings is 2. The number of pyridine rings is 1. The van der Waals surface area contributed by atoms with Crippen LogP contribution >= 0.6 is 11.6 Å². The third-order valence-electron chi connectivity index (χ3n) is 4.26. The van der Waals surface area contributed by atoms with Crippen LogP contribution in [0, 0.1) is 13.8 Å². The summed E-state index contributed by atoms with van der Waals surface area (Å²) >= 11 is 6.31. The van der Waals surface area contributed by atoms with E-state index in [2.05, 4.69) is 15.1 Å². The van der Waals surface area contributed by atoms with Gasteiger partial charge in [0.15, 0.2) is 0 Å². The fourth-order valence-electron chi connectivity index (χ4n) is 2.92. The molecule has 0 radical (unpaired) electrons. The van der Waals surface area contributed by atoms with Crippen molar-refractivity contribution >= 4 is 39.6 Å². The average Bonchev–Trinajstić information content (AvgIpc) is 2.63. The lowest BCUT2D eigenvalue weighted by Crippen LogP contribution is -2.20. The lowest BCUT2D eigenvalue weighted by atomic mass is 10.1. The molecule has 2 heterocycles. The van der Waals surface area contributed by atoms with E-state index in [4.69, 9.17) is 11.6 Å². The zero-order chi connectivity index (χ0) is 18.3. The molecule has 2 aromatic carbocycles. The number of aryl methyl sites for hydroxylation is 2. The largest absolute Gasteiger partial charge is 0.282 e. The predicted octanol–water partition coefficient (Wildman–Crippen LogP) is 4.10. The number of rotatable bonds is 2. The standard InChI is InChI=1S/C20H15ClN4O/c1-12-6-5-7-14-10-15(19(21)24-18(12)14)11-22-25-13(2)23-17-9-4-3-8-16(17)20(25)26/h3-11H,1-2H3/b22-11-. The smallest absolute Gasteiger partial charge is 0.267 e. The Labute approximate surface area is 154 Å². The summed E-state index contributed by atoms with van der Waals surface area (Å²) in [7, 11) is 0. The van der Waals surface area contributed by atoms with Crippen molar-refractivity contribution in [1.82, 2.24) is 14.6 Å². The predicted molar refractivity (Wildman–Crippen MR) is 105 cm³/mol. The van der Waals surface area contributed by atoms with Gasteiger partial charge in [-0.25, -0.2) is 9.97 Å². The highest BCUT2D eigenvalue weighted by atomic mass is 35.5. The van der Waals surface area contributed by atoms with Crippen LogP contribution in [0.2, 0.25) is 5.15 Å². The highest BCUT2D eigenvalue weighted by Crippen LogP contribution is 2.22. The van der Waals surface area contributed by atoms with Crippen molar-refractivity contribution in [3.8, 4) is 0 Å². The van der Waals surface area contributed by atoms with Crippen molar-refractivity contribution in [2.75, 3.05) is 0 Å². The molecule has 0 fully saturated rings. The first kappa shape index (κ1) is 16.4. The Kier molecular flexibility index (Phi) is 4.01. The van der Waals surface area contributed by atoms with Gasteiger partial charge < -0.3 is 0 Å². The summed E-state index contributed by atoms with van der Waals surface area (Å²) < 4.78 is 1.28. The Bertz CT molecular complexity index is 1240. The minimum Gasteiger partial charge on any atom is -0.267 e. The monoisotopic (exact) mass is 362 g/mol. The Morgan fingerprint density at radius 3 is 2.73 bits per heavy atom. The van der Waals surface area contributed by atoms with Gasteiger partial charge >= 0.3 is 0 Å². The quantitative estimate of drug-likeness (QED) is 0.398. The minimum absolute atomic E-state index is 0.218. The van der Waals surface area contributed by atoms with Crippen molar-refractivity contribution in [2.24, 2.45) is 5.10 Å². The van der Waals surface area contributed by atoms with Crippen molar-refractivity contribution in [1.29, 1.82) is 0 Å². The molecule has 4 aromatic rings. The van der Waals surface area contributed by atoms with E-state index in [1.54, 1.807) is 25.3 Å². The van der Waals surface area contributed by atoms with Crippen molar-refractivity contribution in [2.45, 2.75) is 13.8 Å². The molecular formula is C20H15ClN4O. The van der Waals surface area contributed by atoms with Gasteiger partial charge in [0.05, 0.1) is 22.6 Å². The summed E-state index contributed by atoms with van der Waals surface area (Å²) in [5.41, 5.74) is 2.99. The fourth-order valence-corrected chi connectivity index (χ4v) is 3.11. The van der Waals surface area contributed by atoms with E-state index in [9.17, 15) is 4.79 Å². The van der Waals surface area contributed by atoms with Gasteiger partial charge in [0, 0.05) is 10.9 Å². The van der Waals surface area contributed by atoms with E-state index in [-0.39, 0.29) is 5.56 Å². The van der Waals surface area contributed by atoms with Crippen LogP contribution in [0.25, 0.3) is 21.8 Å². The van der Waals surface area contributed by atoms with E-state index in [1.165, 1.54) is 4.68 Å². The van der Waals surface area contributed by atoms with E-state index < -0.39 is 0 Å². The minimum atomic E-state index is -0.218. The number of para-hydroxylation sites is 2. The molecule has 0 spiro atoms. The van der Waals surface area contributed by atoms with Gasteiger partial charge in [0.2, 0.25) is 0 Å². The van der Waals surface area contributed by atoms with Crippen LogP contribution < -0.4 is 5.56 Å². The molecule has 0 N–H and O–H groups in total. The van der Waals surface area contributed by atoms with Gasteiger partial charge in [-0.3, -0.25) is 4.79 Å². The molecule has 0 amide bonds.